The molecule has 10 heavy (non-hydrogen) atoms. The van der Waals surface area contributed by atoms with Crippen molar-refractivity contribution in [3.63, 3.8) is 0 Å². The van der Waals surface area contributed by atoms with Crippen molar-refractivity contribution in [2.75, 3.05) is 0 Å². The van der Waals surface area contributed by atoms with Gasteiger partial charge in [-0.2, -0.15) is 0 Å². The van der Waals surface area contributed by atoms with E-state index >= 15 is 0 Å². The molecule has 0 bridgehead atoms. The van der Waals surface area contributed by atoms with Crippen molar-refractivity contribution in [3.05, 3.63) is 30.1 Å². The standard InChI is InChI=1S/C8H12N.BrH/c1-3-9-7-5-4-6-8(9)2;/h4-7H,3H2,1-2H3;1H/q+1;. The van der Waals surface area contributed by atoms with E-state index in [1.54, 1.807) is 0 Å². The van der Waals surface area contributed by atoms with Gasteiger partial charge in [-0.25, -0.2) is 4.57 Å². The molecule has 1 aromatic heterocycles. The van der Waals surface area contributed by atoms with Crippen molar-refractivity contribution in [3.8, 4) is 0 Å². The van der Waals surface area contributed by atoms with Crippen molar-refractivity contribution in [1.82, 2.24) is 0 Å². The Morgan fingerprint density at radius 1 is 1.40 bits per heavy atom. The molecule has 0 radical (unpaired) electrons. The van der Waals surface area contributed by atoms with Gasteiger partial charge in [-0.05, 0) is 6.92 Å². The van der Waals surface area contributed by atoms with E-state index in [0.29, 0.717) is 0 Å². The van der Waals surface area contributed by atoms with Crippen LogP contribution in [0.15, 0.2) is 24.4 Å². The third-order valence-electron chi connectivity index (χ3n) is 1.51. The second kappa shape index (κ2) is 4.45. The van der Waals surface area contributed by atoms with E-state index in [1.165, 1.54) is 5.69 Å². The van der Waals surface area contributed by atoms with Gasteiger partial charge in [0.15, 0.2) is 11.9 Å². The van der Waals surface area contributed by atoms with Gasteiger partial charge < -0.3 is 0 Å². The summed E-state index contributed by atoms with van der Waals surface area (Å²) in [6.07, 6.45) is 2.09. The molecule has 1 heterocycles. The highest BCUT2D eigenvalue weighted by Gasteiger charge is 1.96. The lowest BCUT2D eigenvalue weighted by Gasteiger charge is -1.92. The molecule has 0 aliphatic rings. The molecule has 56 valence electrons. The third kappa shape index (κ3) is 2.10. The van der Waals surface area contributed by atoms with Crippen molar-refractivity contribution >= 4 is 17.0 Å². The summed E-state index contributed by atoms with van der Waals surface area (Å²) in [4.78, 5) is 0. The van der Waals surface area contributed by atoms with Crippen LogP contribution in [-0.4, -0.2) is 0 Å². The van der Waals surface area contributed by atoms with E-state index in [-0.39, 0.29) is 17.0 Å². The van der Waals surface area contributed by atoms with Crippen molar-refractivity contribution in [1.29, 1.82) is 0 Å². The summed E-state index contributed by atoms with van der Waals surface area (Å²) in [6, 6.07) is 6.22. The molecular weight excluding hydrogens is 190 g/mol. The Kier molecular flexibility index (Phi) is 4.28. The van der Waals surface area contributed by atoms with E-state index < -0.39 is 0 Å². The summed E-state index contributed by atoms with van der Waals surface area (Å²) < 4.78 is 2.21. The topological polar surface area (TPSA) is 3.88 Å². The van der Waals surface area contributed by atoms with Gasteiger partial charge in [-0.15, -0.1) is 17.0 Å². The van der Waals surface area contributed by atoms with E-state index in [2.05, 4.69) is 42.8 Å². The normalized spacial score (nSPS) is 8.60. The first-order valence-electron chi connectivity index (χ1n) is 3.29. The average Bonchev–Trinajstić information content (AvgIpc) is 1.89. The molecule has 1 nitrogen and oxygen atoms in total. The monoisotopic (exact) mass is 202 g/mol. The van der Waals surface area contributed by atoms with Crippen LogP contribution in [0.3, 0.4) is 0 Å². The molecule has 0 aliphatic heterocycles. The second-order valence-electron chi connectivity index (χ2n) is 2.13. The van der Waals surface area contributed by atoms with Crippen LogP contribution < -0.4 is 4.57 Å². The van der Waals surface area contributed by atoms with Gasteiger partial charge >= 0.3 is 0 Å². The number of nitrogens with zero attached hydrogens (tertiary/aromatic N) is 1. The highest BCUT2D eigenvalue weighted by atomic mass is 79.9. The van der Waals surface area contributed by atoms with Crippen LogP contribution in [0.1, 0.15) is 12.6 Å². The molecule has 0 atom stereocenters. The van der Waals surface area contributed by atoms with Crippen LogP contribution in [0.5, 0.6) is 0 Å². The molecule has 0 saturated carbocycles. The van der Waals surface area contributed by atoms with Gasteiger partial charge in [-0.1, -0.05) is 6.07 Å². The number of hydrogen-bond acceptors (Lipinski definition) is 0. The summed E-state index contributed by atoms with van der Waals surface area (Å²) in [7, 11) is 0. The summed E-state index contributed by atoms with van der Waals surface area (Å²) >= 11 is 0. The van der Waals surface area contributed by atoms with Gasteiger partial charge in [0, 0.05) is 19.1 Å². The Hall–Kier alpha value is -0.370. The highest BCUT2D eigenvalue weighted by molar-refractivity contribution is 8.93. The van der Waals surface area contributed by atoms with Gasteiger partial charge in [-0.3, -0.25) is 0 Å². The molecular formula is C8H13BrN+. The lowest BCUT2D eigenvalue weighted by Crippen LogP contribution is -2.34. The first kappa shape index (κ1) is 9.63. The van der Waals surface area contributed by atoms with Crippen LogP contribution >= 0.6 is 17.0 Å². The molecule has 1 aromatic rings. The van der Waals surface area contributed by atoms with Crippen molar-refractivity contribution in [2.45, 2.75) is 20.4 Å². The number of aromatic nitrogens is 1. The molecule has 0 unspecified atom stereocenters. The third-order valence-corrected chi connectivity index (χ3v) is 1.51. The van der Waals surface area contributed by atoms with Crippen LogP contribution in [0.4, 0.5) is 0 Å². The predicted molar refractivity (Wildman–Crippen MR) is 47.4 cm³/mol. The fraction of sp³-hybridized carbons (Fsp3) is 0.375. The zero-order valence-corrected chi connectivity index (χ0v) is 8.09. The largest absolute Gasteiger partial charge is 0.203 e. The van der Waals surface area contributed by atoms with E-state index in [1.807, 2.05) is 0 Å². The smallest absolute Gasteiger partial charge is 0.178 e. The number of halogens is 1. The van der Waals surface area contributed by atoms with Crippen LogP contribution in [-0.2, 0) is 6.54 Å². The van der Waals surface area contributed by atoms with Gasteiger partial charge in [0.1, 0.15) is 6.54 Å². The number of aryl methyl sites for hydroxylation is 2. The Labute approximate surface area is 72.5 Å². The number of pyridine rings is 1. The van der Waals surface area contributed by atoms with Gasteiger partial charge in [0.2, 0.25) is 0 Å². The Bertz CT molecular complexity index is 198. The Morgan fingerprint density at radius 2 is 2.10 bits per heavy atom. The summed E-state index contributed by atoms with van der Waals surface area (Å²) in [6.45, 7) is 5.32. The maximum absolute atomic E-state index is 2.21. The van der Waals surface area contributed by atoms with Crippen molar-refractivity contribution in [2.24, 2.45) is 0 Å². The molecule has 2 heteroatoms. The second-order valence-corrected chi connectivity index (χ2v) is 2.13. The molecule has 0 saturated heterocycles. The van der Waals surface area contributed by atoms with E-state index in [9.17, 15) is 0 Å². The molecule has 1 rings (SSSR count). The van der Waals surface area contributed by atoms with Crippen LogP contribution in [0.2, 0.25) is 0 Å². The molecule has 0 amide bonds. The quantitative estimate of drug-likeness (QED) is 0.613. The summed E-state index contributed by atoms with van der Waals surface area (Å²) in [5, 5.41) is 0. The minimum atomic E-state index is 0. The average molecular weight is 203 g/mol. The SMILES string of the molecule is Br.CC[n+]1ccccc1C. The molecule has 0 spiro atoms. The van der Waals surface area contributed by atoms with E-state index in [0.717, 1.165) is 6.54 Å². The summed E-state index contributed by atoms with van der Waals surface area (Å²) in [5.41, 5.74) is 1.32. The lowest BCUT2D eigenvalue weighted by molar-refractivity contribution is -0.699. The van der Waals surface area contributed by atoms with Gasteiger partial charge in [0.05, 0.1) is 0 Å². The first-order valence-corrected chi connectivity index (χ1v) is 3.29. The van der Waals surface area contributed by atoms with Crippen molar-refractivity contribution < 1.29 is 4.57 Å². The number of hydrogen-bond donors (Lipinski definition) is 0. The highest BCUT2D eigenvalue weighted by Crippen LogP contribution is 1.85. The Balaban J connectivity index is 0.000000810. The van der Waals surface area contributed by atoms with Gasteiger partial charge in [0.25, 0.3) is 0 Å². The lowest BCUT2D eigenvalue weighted by atomic mass is 10.4. The predicted octanol–water partition coefficient (Wildman–Crippen LogP) is 1.88. The fourth-order valence-electron chi connectivity index (χ4n) is 0.917. The number of rotatable bonds is 1. The van der Waals surface area contributed by atoms with E-state index in [4.69, 9.17) is 0 Å². The minimum Gasteiger partial charge on any atom is -0.203 e. The first-order chi connectivity index (χ1) is 4.34. The molecule has 0 N–H and O–H groups in total. The molecule has 0 aliphatic carbocycles. The maximum atomic E-state index is 2.21. The van der Waals surface area contributed by atoms with Crippen LogP contribution in [0.25, 0.3) is 0 Å². The maximum Gasteiger partial charge on any atom is 0.178 e. The molecule has 0 fully saturated rings. The molecule has 0 aromatic carbocycles. The zero-order valence-electron chi connectivity index (χ0n) is 6.37. The summed E-state index contributed by atoms with van der Waals surface area (Å²) in [5.74, 6) is 0. The Morgan fingerprint density at radius 3 is 2.50 bits per heavy atom. The van der Waals surface area contributed by atoms with Crippen LogP contribution in [0, 0.1) is 6.92 Å². The zero-order chi connectivity index (χ0) is 6.69. The fourth-order valence-corrected chi connectivity index (χ4v) is 0.917. The minimum absolute atomic E-state index is 0.